The van der Waals surface area contributed by atoms with E-state index >= 15 is 0 Å². The normalized spacial score (nSPS) is 16.7. The molecule has 160 valence electrons. The van der Waals surface area contributed by atoms with Crippen LogP contribution in [-0.2, 0) is 14.8 Å². The zero-order chi connectivity index (χ0) is 21.9. The van der Waals surface area contributed by atoms with Crippen molar-refractivity contribution in [3.05, 3.63) is 64.5 Å². The molecule has 0 saturated carbocycles. The lowest BCUT2D eigenvalue weighted by molar-refractivity contribution is -0.384. The third-order valence-corrected chi connectivity index (χ3v) is 7.45. The summed E-state index contributed by atoms with van der Waals surface area (Å²) in [6.45, 7) is 2.33. The molecule has 0 aliphatic carbocycles. The largest absolute Gasteiger partial charge is 0.339 e. The number of sulfonamides is 1. The Morgan fingerprint density at radius 1 is 1.27 bits per heavy atom. The number of carbonyl (C=O) groups excluding carboxylic acids is 1. The van der Waals surface area contributed by atoms with Gasteiger partial charge in [-0.05, 0) is 37.5 Å². The molecule has 1 unspecified atom stereocenters. The highest BCUT2D eigenvalue weighted by Crippen LogP contribution is 2.28. The van der Waals surface area contributed by atoms with Gasteiger partial charge in [-0.25, -0.2) is 8.42 Å². The van der Waals surface area contributed by atoms with E-state index in [0.29, 0.717) is 18.4 Å². The van der Waals surface area contributed by atoms with Crippen LogP contribution >= 0.6 is 0 Å². The number of amides is 1. The number of non-ortho nitro benzene ring substituents is 1. The van der Waals surface area contributed by atoms with Crippen LogP contribution in [0.1, 0.15) is 31.4 Å². The van der Waals surface area contributed by atoms with Crippen molar-refractivity contribution in [1.29, 1.82) is 0 Å². The fraction of sp³-hybridized carbons (Fsp3) is 0.400. The van der Waals surface area contributed by atoms with Crippen LogP contribution in [0.15, 0.2) is 53.7 Å². The van der Waals surface area contributed by atoms with Gasteiger partial charge < -0.3 is 4.90 Å². The molecule has 10 heteroatoms. The smallest absolute Gasteiger partial charge is 0.269 e. The number of benzene rings is 1. The Morgan fingerprint density at radius 2 is 1.97 bits per heavy atom. The van der Waals surface area contributed by atoms with Crippen LogP contribution < -0.4 is 0 Å². The molecule has 2 heterocycles. The van der Waals surface area contributed by atoms with Gasteiger partial charge in [-0.2, -0.15) is 4.31 Å². The summed E-state index contributed by atoms with van der Waals surface area (Å²) in [4.78, 5) is 29.1. The van der Waals surface area contributed by atoms with Crippen LogP contribution in [0.3, 0.4) is 0 Å². The van der Waals surface area contributed by atoms with Crippen LogP contribution in [0.5, 0.6) is 0 Å². The SMILES string of the molecule is CC(c1cccc([N+](=O)[O-])c1)N(C)C(=O)C1CCN(S(=O)(=O)c2cccnc2)CC1. The molecule has 0 radical (unpaired) electrons. The fourth-order valence-electron chi connectivity index (χ4n) is 3.59. The summed E-state index contributed by atoms with van der Waals surface area (Å²) in [7, 11) is -1.95. The van der Waals surface area contributed by atoms with Crippen molar-refractivity contribution >= 4 is 21.6 Å². The van der Waals surface area contributed by atoms with Gasteiger partial charge in [0.1, 0.15) is 4.90 Å². The minimum atomic E-state index is -3.62. The molecule has 1 atom stereocenters. The Labute approximate surface area is 175 Å². The summed E-state index contributed by atoms with van der Waals surface area (Å²) in [5, 5.41) is 11.0. The molecule has 9 nitrogen and oxygen atoms in total. The number of aromatic nitrogens is 1. The maximum atomic E-state index is 13.0. The van der Waals surface area contributed by atoms with E-state index in [9.17, 15) is 23.3 Å². The number of rotatable bonds is 6. The first kappa shape index (κ1) is 21.8. The molecule has 2 aromatic rings. The molecule has 0 N–H and O–H groups in total. The van der Waals surface area contributed by atoms with Gasteiger partial charge in [0.15, 0.2) is 0 Å². The molecule has 1 saturated heterocycles. The summed E-state index contributed by atoms with van der Waals surface area (Å²) in [6.07, 6.45) is 3.68. The van der Waals surface area contributed by atoms with Crippen molar-refractivity contribution in [3.8, 4) is 0 Å². The Balaban J connectivity index is 1.65. The van der Waals surface area contributed by atoms with Crippen LogP contribution in [0.25, 0.3) is 0 Å². The zero-order valence-corrected chi connectivity index (χ0v) is 17.7. The van der Waals surface area contributed by atoms with Gasteiger partial charge in [0.2, 0.25) is 15.9 Å². The van der Waals surface area contributed by atoms with Gasteiger partial charge in [-0.15, -0.1) is 0 Å². The highest BCUT2D eigenvalue weighted by atomic mass is 32.2. The van der Waals surface area contributed by atoms with E-state index in [1.54, 1.807) is 30.1 Å². The van der Waals surface area contributed by atoms with Crippen molar-refractivity contribution in [2.75, 3.05) is 20.1 Å². The maximum absolute atomic E-state index is 13.0. The molecule has 1 aromatic carbocycles. The average Bonchev–Trinajstić information content (AvgIpc) is 2.78. The fourth-order valence-corrected chi connectivity index (χ4v) is 5.03. The van der Waals surface area contributed by atoms with Crippen molar-refractivity contribution in [1.82, 2.24) is 14.2 Å². The number of nitro benzene ring substituents is 1. The van der Waals surface area contributed by atoms with Gasteiger partial charge in [0, 0.05) is 50.6 Å². The molecular formula is C20H24N4O5S. The van der Waals surface area contributed by atoms with Crippen LogP contribution in [0.2, 0.25) is 0 Å². The first-order valence-electron chi connectivity index (χ1n) is 9.63. The lowest BCUT2D eigenvalue weighted by Crippen LogP contribution is -2.44. The lowest BCUT2D eigenvalue weighted by Gasteiger charge is -2.34. The Bertz CT molecular complexity index is 1020. The Morgan fingerprint density at radius 3 is 2.57 bits per heavy atom. The second kappa shape index (κ2) is 8.88. The standard InChI is InChI=1S/C20H24N4O5S/c1-15(17-5-3-6-18(13-17)24(26)27)22(2)20(25)16-8-11-23(12-9-16)30(28,29)19-7-4-10-21-14-19/h3-7,10,13-16H,8-9,11-12H2,1-2H3. The number of nitrogens with zero attached hydrogens (tertiary/aromatic N) is 4. The minimum absolute atomic E-state index is 0.0193. The molecule has 30 heavy (non-hydrogen) atoms. The summed E-state index contributed by atoms with van der Waals surface area (Å²) in [6, 6.07) is 8.99. The first-order valence-corrected chi connectivity index (χ1v) is 11.1. The van der Waals surface area contributed by atoms with E-state index in [0.717, 1.165) is 0 Å². The number of nitro groups is 1. The topological polar surface area (TPSA) is 114 Å². The molecule has 1 aliphatic heterocycles. The second-order valence-corrected chi connectivity index (χ2v) is 9.28. The van der Waals surface area contributed by atoms with E-state index in [-0.39, 0.29) is 41.5 Å². The zero-order valence-electron chi connectivity index (χ0n) is 16.8. The summed E-state index contributed by atoms with van der Waals surface area (Å²) < 4.78 is 26.8. The number of pyridine rings is 1. The minimum Gasteiger partial charge on any atom is -0.339 e. The number of hydrogen-bond acceptors (Lipinski definition) is 6. The van der Waals surface area contributed by atoms with Gasteiger partial charge in [-0.3, -0.25) is 19.9 Å². The van der Waals surface area contributed by atoms with E-state index in [4.69, 9.17) is 0 Å². The van der Waals surface area contributed by atoms with Gasteiger partial charge >= 0.3 is 0 Å². The lowest BCUT2D eigenvalue weighted by atomic mass is 9.95. The molecule has 1 fully saturated rings. The molecule has 1 amide bonds. The van der Waals surface area contributed by atoms with E-state index in [2.05, 4.69) is 4.98 Å². The molecular weight excluding hydrogens is 408 g/mol. The second-order valence-electron chi connectivity index (χ2n) is 7.34. The predicted octanol–water partition coefficient (Wildman–Crippen LogP) is 2.61. The monoisotopic (exact) mass is 432 g/mol. The van der Waals surface area contributed by atoms with Crippen LogP contribution in [0.4, 0.5) is 5.69 Å². The van der Waals surface area contributed by atoms with E-state index in [1.165, 1.54) is 34.9 Å². The molecule has 3 rings (SSSR count). The molecule has 0 spiro atoms. The van der Waals surface area contributed by atoms with Crippen molar-refractivity contribution < 1.29 is 18.1 Å². The number of piperidine rings is 1. The molecule has 1 aliphatic rings. The number of hydrogen-bond donors (Lipinski definition) is 0. The highest BCUT2D eigenvalue weighted by Gasteiger charge is 2.34. The summed E-state index contributed by atoms with van der Waals surface area (Å²) in [5.41, 5.74) is 0.658. The molecule has 1 aromatic heterocycles. The van der Waals surface area contributed by atoms with Crippen molar-refractivity contribution in [2.45, 2.75) is 30.7 Å². The Hall–Kier alpha value is -2.85. The van der Waals surface area contributed by atoms with Gasteiger partial charge in [0.25, 0.3) is 5.69 Å². The first-order chi connectivity index (χ1) is 14.2. The maximum Gasteiger partial charge on any atom is 0.269 e. The molecule has 0 bridgehead atoms. The van der Waals surface area contributed by atoms with Crippen LogP contribution in [0, 0.1) is 16.0 Å². The van der Waals surface area contributed by atoms with E-state index < -0.39 is 14.9 Å². The Kier molecular flexibility index (Phi) is 6.47. The van der Waals surface area contributed by atoms with Crippen molar-refractivity contribution in [2.24, 2.45) is 5.92 Å². The van der Waals surface area contributed by atoms with Crippen molar-refractivity contribution in [3.63, 3.8) is 0 Å². The number of carbonyl (C=O) groups is 1. The predicted molar refractivity (Wildman–Crippen MR) is 110 cm³/mol. The summed E-state index contributed by atoms with van der Waals surface area (Å²) in [5.74, 6) is -0.385. The highest BCUT2D eigenvalue weighted by molar-refractivity contribution is 7.89. The third-order valence-electron chi connectivity index (χ3n) is 5.57. The third kappa shape index (κ3) is 4.49. The van der Waals surface area contributed by atoms with Crippen LogP contribution in [-0.4, -0.2) is 53.6 Å². The van der Waals surface area contributed by atoms with Gasteiger partial charge in [0.05, 0.1) is 11.0 Å². The average molecular weight is 433 g/mol. The van der Waals surface area contributed by atoms with Gasteiger partial charge in [-0.1, -0.05) is 12.1 Å². The van der Waals surface area contributed by atoms with E-state index in [1.807, 2.05) is 6.92 Å². The quantitative estimate of drug-likeness (QED) is 0.512. The summed E-state index contributed by atoms with van der Waals surface area (Å²) >= 11 is 0.